The third-order valence-corrected chi connectivity index (χ3v) is 4.76. The van der Waals surface area contributed by atoms with Crippen LogP contribution >= 0.6 is 12.2 Å². The first kappa shape index (κ1) is 12.9. The van der Waals surface area contributed by atoms with Gasteiger partial charge in [-0.15, -0.1) is 0 Å². The first-order valence-electron chi connectivity index (χ1n) is 7.35. The van der Waals surface area contributed by atoms with Crippen LogP contribution in [0.2, 0.25) is 0 Å². The molecular weight excluding hydrogens is 254 g/mol. The smallest absolute Gasteiger partial charge is 0.178 e. The monoisotopic (exact) mass is 275 g/mol. The van der Waals surface area contributed by atoms with Crippen molar-refractivity contribution < 1.29 is 0 Å². The fraction of sp³-hybridized carbons (Fsp3) is 0.600. The molecule has 0 aromatic carbocycles. The van der Waals surface area contributed by atoms with Crippen molar-refractivity contribution in [3.8, 4) is 0 Å². The Morgan fingerprint density at radius 3 is 2.95 bits per heavy atom. The second-order valence-electron chi connectivity index (χ2n) is 5.57. The standard InChI is InChI=1S/C15H21N3S/c1-2-13(11-6-4-3-5-7-11)18-14-8-9-16-10-12(14)17-15(18)19/h8-11,13H,2-7H2,1H3,(H,17,19). The molecule has 0 saturated heterocycles. The van der Waals surface area contributed by atoms with E-state index < -0.39 is 0 Å². The molecule has 1 aliphatic carbocycles. The zero-order chi connectivity index (χ0) is 13.2. The van der Waals surface area contributed by atoms with E-state index in [1.165, 1.54) is 37.6 Å². The van der Waals surface area contributed by atoms with Gasteiger partial charge in [-0.25, -0.2) is 0 Å². The minimum absolute atomic E-state index is 0.531. The molecule has 0 amide bonds. The molecule has 2 aromatic rings. The minimum atomic E-state index is 0.531. The van der Waals surface area contributed by atoms with Crippen LogP contribution in [0.25, 0.3) is 11.0 Å². The van der Waals surface area contributed by atoms with Gasteiger partial charge in [0, 0.05) is 12.2 Å². The van der Waals surface area contributed by atoms with Crippen LogP contribution < -0.4 is 0 Å². The Morgan fingerprint density at radius 1 is 1.42 bits per heavy atom. The molecule has 1 aliphatic rings. The van der Waals surface area contributed by atoms with Gasteiger partial charge in [0.2, 0.25) is 0 Å². The van der Waals surface area contributed by atoms with Crippen LogP contribution in [0.4, 0.5) is 0 Å². The van der Waals surface area contributed by atoms with E-state index in [1.807, 2.05) is 12.4 Å². The number of imidazole rings is 1. The molecule has 102 valence electrons. The molecule has 2 aromatic heterocycles. The molecule has 3 nitrogen and oxygen atoms in total. The Labute approximate surface area is 119 Å². The number of aromatic nitrogens is 3. The minimum Gasteiger partial charge on any atom is -0.329 e. The average Bonchev–Trinajstić information content (AvgIpc) is 2.78. The summed E-state index contributed by atoms with van der Waals surface area (Å²) >= 11 is 5.54. The fourth-order valence-corrected chi connectivity index (χ4v) is 3.90. The Kier molecular flexibility index (Phi) is 3.69. The summed E-state index contributed by atoms with van der Waals surface area (Å²) in [5.74, 6) is 0.776. The lowest BCUT2D eigenvalue weighted by molar-refractivity contribution is 0.245. The van der Waals surface area contributed by atoms with Gasteiger partial charge in [0.25, 0.3) is 0 Å². The molecule has 1 unspecified atom stereocenters. The van der Waals surface area contributed by atoms with Gasteiger partial charge >= 0.3 is 0 Å². The van der Waals surface area contributed by atoms with E-state index in [0.717, 1.165) is 22.6 Å². The van der Waals surface area contributed by atoms with E-state index in [4.69, 9.17) is 12.2 Å². The average molecular weight is 275 g/mol. The summed E-state index contributed by atoms with van der Waals surface area (Å²) in [5.41, 5.74) is 2.26. The van der Waals surface area contributed by atoms with Crippen molar-refractivity contribution >= 4 is 23.3 Å². The maximum Gasteiger partial charge on any atom is 0.178 e. The number of rotatable bonds is 3. The lowest BCUT2D eigenvalue weighted by atomic mass is 9.83. The van der Waals surface area contributed by atoms with Crippen molar-refractivity contribution in [2.45, 2.75) is 51.5 Å². The second kappa shape index (κ2) is 5.45. The summed E-state index contributed by atoms with van der Waals surface area (Å²) in [6.07, 6.45) is 11.7. The van der Waals surface area contributed by atoms with E-state index in [9.17, 15) is 0 Å². The normalized spacial score (nSPS) is 18.8. The van der Waals surface area contributed by atoms with Gasteiger partial charge < -0.3 is 9.55 Å². The number of nitrogens with zero attached hydrogens (tertiary/aromatic N) is 2. The number of nitrogens with one attached hydrogen (secondary N) is 1. The molecule has 4 heteroatoms. The molecule has 0 spiro atoms. The second-order valence-corrected chi connectivity index (χ2v) is 5.95. The van der Waals surface area contributed by atoms with Crippen LogP contribution in [0.1, 0.15) is 51.5 Å². The van der Waals surface area contributed by atoms with E-state index in [0.29, 0.717) is 6.04 Å². The first-order valence-corrected chi connectivity index (χ1v) is 7.76. The van der Waals surface area contributed by atoms with Gasteiger partial charge in [-0.3, -0.25) is 4.98 Å². The zero-order valence-corrected chi connectivity index (χ0v) is 12.2. The van der Waals surface area contributed by atoms with Gasteiger partial charge in [0.1, 0.15) is 0 Å². The Balaban J connectivity index is 2.05. The van der Waals surface area contributed by atoms with Gasteiger partial charge in [-0.1, -0.05) is 26.2 Å². The highest BCUT2D eigenvalue weighted by Gasteiger charge is 2.25. The van der Waals surface area contributed by atoms with Gasteiger partial charge in [-0.05, 0) is 43.5 Å². The highest BCUT2D eigenvalue weighted by Crippen LogP contribution is 2.36. The van der Waals surface area contributed by atoms with E-state index in [2.05, 4.69) is 27.5 Å². The maximum absolute atomic E-state index is 5.54. The number of aromatic amines is 1. The quantitative estimate of drug-likeness (QED) is 0.829. The Hall–Kier alpha value is -1.16. The number of fused-ring (bicyclic) bond motifs is 1. The molecule has 1 N–H and O–H groups in total. The van der Waals surface area contributed by atoms with Crippen LogP contribution in [0.15, 0.2) is 18.5 Å². The molecule has 0 aliphatic heterocycles. The number of hydrogen-bond donors (Lipinski definition) is 1. The number of pyridine rings is 1. The SMILES string of the molecule is CCC(C1CCCCC1)n1c(=S)[nH]c2cnccc21. The molecule has 3 rings (SSSR count). The largest absolute Gasteiger partial charge is 0.329 e. The molecule has 0 bridgehead atoms. The lowest BCUT2D eigenvalue weighted by Crippen LogP contribution is -2.21. The lowest BCUT2D eigenvalue weighted by Gasteiger charge is -2.31. The number of hydrogen-bond acceptors (Lipinski definition) is 2. The van der Waals surface area contributed by atoms with E-state index in [1.54, 1.807) is 0 Å². The molecular formula is C15H21N3S. The molecule has 19 heavy (non-hydrogen) atoms. The van der Waals surface area contributed by atoms with Gasteiger partial charge in [0.05, 0.1) is 17.2 Å². The van der Waals surface area contributed by atoms with E-state index >= 15 is 0 Å². The summed E-state index contributed by atoms with van der Waals surface area (Å²) in [6, 6.07) is 2.61. The third kappa shape index (κ3) is 2.34. The summed E-state index contributed by atoms with van der Waals surface area (Å²) in [6.45, 7) is 2.28. The van der Waals surface area contributed by atoms with Crippen LogP contribution in [0.3, 0.4) is 0 Å². The van der Waals surface area contributed by atoms with E-state index in [-0.39, 0.29) is 0 Å². The topological polar surface area (TPSA) is 33.6 Å². The van der Waals surface area contributed by atoms with Crippen LogP contribution in [-0.2, 0) is 0 Å². The first-order chi connectivity index (χ1) is 9.31. The van der Waals surface area contributed by atoms with Crippen LogP contribution in [0.5, 0.6) is 0 Å². The predicted octanol–water partition coefficient (Wildman–Crippen LogP) is 4.63. The van der Waals surface area contributed by atoms with Crippen molar-refractivity contribution in [1.82, 2.24) is 14.5 Å². The maximum atomic E-state index is 5.54. The zero-order valence-electron chi connectivity index (χ0n) is 11.4. The van der Waals surface area contributed by atoms with Crippen molar-refractivity contribution in [1.29, 1.82) is 0 Å². The molecule has 2 heterocycles. The van der Waals surface area contributed by atoms with Crippen LogP contribution in [0, 0.1) is 10.7 Å². The summed E-state index contributed by atoms with van der Waals surface area (Å²) in [5, 5.41) is 0. The van der Waals surface area contributed by atoms with Gasteiger partial charge in [0.15, 0.2) is 4.77 Å². The van der Waals surface area contributed by atoms with Gasteiger partial charge in [-0.2, -0.15) is 0 Å². The molecule has 1 atom stereocenters. The van der Waals surface area contributed by atoms with Crippen molar-refractivity contribution in [3.63, 3.8) is 0 Å². The number of H-pyrrole nitrogens is 1. The Morgan fingerprint density at radius 2 is 2.21 bits per heavy atom. The fourth-order valence-electron chi connectivity index (χ4n) is 3.55. The summed E-state index contributed by atoms with van der Waals surface area (Å²) in [4.78, 5) is 7.47. The molecule has 0 radical (unpaired) electrons. The predicted molar refractivity (Wildman–Crippen MR) is 80.8 cm³/mol. The summed E-state index contributed by atoms with van der Waals surface area (Å²) in [7, 11) is 0. The van der Waals surface area contributed by atoms with Crippen molar-refractivity contribution in [2.75, 3.05) is 0 Å². The van der Waals surface area contributed by atoms with Crippen molar-refractivity contribution in [2.24, 2.45) is 5.92 Å². The van der Waals surface area contributed by atoms with Crippen molar-refractivity contribution in [3.05, 3.63) is 23.2 Å². The van der Waals surface area contributed by atoms with Crippen LogP contribution in [-0.4, -0.2) is 14.5 Å². The molecule has 1 fully saturated rings. The summed E-state index contributed by atoms with van der Waals surface area (Å²) < 4.78 is 3.18. The molecule has 1 saturated carbocycles. The Bertz CT molecular complexity index is 607. The highest BCUT2D eigenvalue weighted by atomic mass is 32.1. The highest BCUT2D eigenvalue weighted by molar-refractivity contribution is 7.71. The third-order valence-electron chi connectivity index (χ3n) is 4.46.